The smallest absolute Gasteiger partial charge is 0.242 e. The number of rotatable bonds is 2. The van der Waals surface area contributed by atoms with Gasteiger partial charge in [-0.3, -0.25) is 14.6 Å². The summed E-state index contributed by atoms with van der Waals surface area (Å²) in [6, 6.07) is 9.39. The quantitative estimate of drug-likeness (QED) is 0.906. The summed E-state index contributed by atoms with van der Waals surface area (Å²) in [5.41, 5.74) is 2.84. The maximum Gasteiger partial charge on any atom is 0.242 e. The van der Waals surface area contributed by atoms with Crippen molar-refractivity contribution >= 4 is 22.7 Å². The number of piperazine rings is 1. The second kappa shape index (κ2) is 5.16. The van der Waals surface area contributed by atoms with Crippen molar-refractivity contribution in [3.8, 4) is 0 Å². The lowest BCUT2D eigenvalue weighted by atomic mass is 10.1. The summed E-state index contributed by atoms with van der Waals surface area (Å²) in [7, 11) is 0. The van der Waals surface area contributed by atoms with Crippen molar-refractivity contribution < 1.29 is 9.59 Å². The number of amides is 2. The third-order valence-corrected chi connectivity index (χ3v) is 3.85. The molecule has 21 heavy (non-hydrogen) atoms. The number of hydrogen-bond donors (Lipinski definition) is 1. The van der Waals surface area contributed by atoms with Crippen LogP contribution in [0.2, 0.25) is 0 Å². The number of fused-ring (bicyclic) bond motifs is 1. The molecule has 1 aromatic heterocycles. The summed E-state index contributed by atoms with van der Waals surface area (Å²) in [6.07, 6.45) is 0. The van der Waals surface area contributed by atoms with Gasteiger partial charge < -0.3 is 10.2 Å². The van der Waals surface area contributed by atoms with Gasteiger partial charge in [0.15, 0.2) is 0 Å². The van der Waals surface area contributed by atoms with Gasteiger partial charge in [-0.15, -0.1) is 0 Å². The van der Waals surface area contributed by atoms with Crippen LogP contribution in [0, 0.1) is 6.92 Å². The zero-order valence-electron chi connectivity index (χ0n) is 12.1. The molecule has 1 aliphatic heterocycles. The molecule has 2 aromatic rings. The largest absolute Gasteiger partial charge is 0.345 e. The maximum absolute atomic E-state index is 12.1. The molecule has 0 saturated carbocycles. The van der Waals surface area contributed by atoms with E-state index in [-0.39, 0.29) is 18.4 Å². The first-order valence-electron chi connectivity index (χ1n) is 6.98. The molecular weight excluding hydrogens is 266 g/mol. The highest BCUT2D eigenvalue weighted by Gasteiger charge is 2.31. The van der Waals surface area contributed by atoms with E-state index in [0.717, 1.165) is 22.2 Å². The summed E-state index contributed by atoms with van der Waals surface area (Å²) >= 11 is 0. The Morgan fingerprint density at radius 3 is 2.90 bits per heavy atom. The number of aromatic nitrogens is 1. The van der Waals surface area contributed by atoms with Gasteiger partial charge in [0, 0.05) is 17.6 Å². The fraction of sp³-hybridized carbons (Fsp3) is 0.312. The Labute approximate surface area is 123 Å². The molecule has 5 heteroatoms. The van der Waals surface area contributed by atoms with Crippen LogP contribution in [0.15, 0.2) is 30.3 Å². The van der Waals surface area contributed by atoms with Gasteiger partial charge in [-0.2, -0.15) is 0 Å². The molecule has 0 bridgehead atoms. The van der Waals surface area contributed by atoms with Gasteiger partial charge in [0.2, 0.25) is 11.8 Å². The maximum atomic E-state index is 12.1. The molecule has 1 aliphatic rings. The highest BCUT2D eigenvalue weighted by atomic mass is 16.2. The van der Waals surface area contributed by atoms with E-state index in [1.807, 2.05) is 37.3 Å². The summed E-state index contributed by atoms with van der Waals surface area (Å²) in [4.78, 5) is 29.9. The summed E-state index contributed by atoms with van der Waals surface area (Å²) in [6.45, 7) is 4.19. The van der Waals surface area contributed by atoms with Crippen molar-refractivity contribution in [3.05, 3.63) is 41.6 Å². The van der Waals surface area contributed by atoms with Gasteiger partial charge in [-0.25, -0.2) is 0 Å². The molecular formula is C16H17N3O2. The number of benzene rings is 1. The average molecular weight is 283 g/mol. The summed E-state index contributed by atoms with van der Waals surface area (Å²) < 4.78 is 0. The van der Waals surface area contributed by atoms with Crippen LogP contribution < -0.4 is 5.32 Å². The van der Waals surface area contributed by atoms with Crippen LogP contribution in [0.3, 0.4) is 0 Å². The Hall–Kier alpha value is -2.43. The minimum absolute atomic E-state index is 0.0550. The normalized spacial score (nSPS) is 19.0. The van der Waals surface area contributed by atoms with Crippen molar-refractivity contribution in [2.75, 3.05) is 6.54 Å². The number of nitrogens with zero attached hydrogens (tertiary/aromatic N) is 2. The standard InChI is InChI=1S/C16H17N3O2/c1-10-7-12(13-5-3-4-6-14(13)18-10)9-19-11(2)16(21)17-8-15(19)20/h3-7,11H,8-9H2,1-2H3,(H,17,21). The molecule has 0 radical (unpaired) electrons. The second-order valence-electron chi connectivity index (χ2n) is 5.36. The lowest BCUT2D eigenvalue weighted by Gasteiger charge is -2.33. The Bertz CT molecular complexity index is 727. The molecule has 0 spiro atoms. The monoisotopic (exact) mass is 283 g/mol. The molecule has 1 fully saturated rings. The van der Waals surface area contributed by atoms with Crippen molar-refractivity contribution in [3.63, 3.8) is 0 Å². The first-order chi connectivity index (χ1) is 10.1. The first kappa shape index (κ1) is 13.5. The van der Waals surface area contributed by atoms with Crippen LogP contribution in [-0.4, -0.2) is 34.3 Å². The van der Waals surface area contributed by atoms with Gasteiger partial charge in [0.1, 0.15) is 6.04 Å². The number of carbonyl (C=O) groups is 2. The number of hydrogen-bond acceptors (Lipinski definition) is 3. The molecule has 2 amide bonds. The highest BCUT2D eigenvalue weighted by molar-refractivity contribution is 5.94. The second-order valence-corrected chi connectivity index (χ2v) is 5.36. The van der Waals surface area contributed by atoms with Crippen molar-refractivity contribution in [2.24, 2.45) is 0 Å². The number of pyridine rings is 1. The number of aryl methyl sites for hydroxylation is 1. The molecule has 1 saturated heterocycles. The highest BCUT2D eigenvalue weighted by Crippen LogP contribution is 2.21. The Morgan fingerprint density at radius 1 is 1.33 bits per heavy atom. The van der Waals surface area contributed by atoms with Gasteiger partial charge >= 0.3 is 0 Å². The third-order valence-electron chi connectivity index (χ3n) is 3.85. The van der Waals surface area contributed by atoms with Crippen LogP contribution in [0.5, 0.6) is 0 Å². The fourth-order valence-corrected chi connectivity index (χ4v) is 2.70. The van der Waals surface area contributed by atoms with Crippen LogP contribution in [0.1, 0.15) is 18.2 Å². The van der Waals surface area contributed by atoms with E-state index < -0.39 is 6.04 Å². The zero-order valence-corrected chi connectivity index (χ0v) is 12.1. The summed E-state index contributed by atoms with van der Waals surface area (Å²) in [5, 5.41) is 3.63. The topological polar surface area (TPSA) is 62.3 Å². The zero-order chi connectivity index (χ0) is 15.0. The first-order valence-corrected chi connectivity index (χ1v) is 6.98. The molecule has 108 valence electrons. The van der Waals surface area contributed by atoms with Gasteiger partial charge in [0.25, 0.3) is 0 Å². The number of nitrogens with one attached hydrogen (secondary N) is 1. The Morgan fingerprint density at radius 2 is 2.10 bits per heavy atom. The molecule has 1 aromatic carbocycles. The van der Waals surface area contributed by atoms with E-state index in [4.69, 9.17) is 0 Å². The number of para-hydroxylation sites is 1. The lowest BCUT2D eigenvalue weighted by Crippen LogP contribution is -2.56. The van der Waals surface area contributed by atoms with Crippen molar-refractivity contribution in [1.82, 2.24) is 15.2 Å². The predicted octanol–water partition coefficient (Wildman–Crippen LogP) is 1.39. The van der Waals surface area contributed by atoms with E-state index in [1.165, 1.54) is 0 Å². The molecule has 5 nitrogen and oxygen atoms in total. The molecule has 2 heterocycles. The SMILES string of the molecule is Cc1cc(CN2C(=O)CNC(=O)C2C)c2ccccc2n1. The third kappa shape index (κ3) is 2.46. The van der Waals surface area contributed by atoms with Gasteiger partial charge in [-0.05, 0) is 31.5 Å². The minimum atomic E-state index is -0.446. The van der Waals surface area contributed by atoms with Crippen molar-refractivity contribution in [2.45, 2.75) is 26.4 Å². The van der Waals surface area contributed by atoms with E-state index >= 15 is 0 Å². The molecule has 1 atom stereocenters. The van der Waals surface area contributed by atoms with E-state index in [9.17, 15) is 9.59 Å². The average Bonchev–Trinajstić information content (AvgIpc) is 2.47. The van der Waals surface area contributed by atoms with Crippen LogP contribution in [-0.2, 0) is 16.1 Å². The Kier molecular flexibility index (Phi) is 3.33. The fourth-order valence-electron chi connectivity index (χ4n) is 2.70. The van der Waals surface area contributed by atoms with Crippen molar-refractivity contribution in [1.29, 1.82) is 0 Å². The van der Waals surface area contributed by atoms with Crippen LogP contribution in [0.4, 0.5) is 0 Å². The molecule has 0 aliphatic carbocycles. The van der Waals surface area contributed by atoms with Gasteiger partial charge in [0.05, 0.1) is 12.1 Å². The minimum Gasteiger partial charge on any atom is -0.345 e. The lowest BCUT2D eigenvalue weighted by molar-refractivity contribution is -0.145. The number of carbonyl (C=O) groups excluding carboxylic acids is 2. The van der Waals surface area contributed by atoms with E-state index in [0.29, 0.717) is 6.54 Å². The summed E-state index contributed by atoms with van der Waals surface area (Å²) in [5.74, 6) is -0.162. The molecule has 1 N–H and O–H groups in total. The van der Waals surface area contributed by atoms with Crippen LogP contribution >= 0.6 is 0 Å². The predicted molar refractivity (Wildman–Crippen MR) is 79.5 cm³/mol. The molecule has 1 unspecified atom stereocenters. The van der Waals surface area contributed by atoms with E-state index in [1.54, 1.807) is 11.8 Å². The van der Waals surface area contributed by atoms with Gasteiger partial charge in [-0.1, -0.05) is 18.2 Å². The van der Waals surface area contributed by atoms with E-state index in [2.05, 4.69) is 10.3 Å². The molecule has 3 rings (SSSR count). The van der Waals surface area contributed by atoms with Crippen LogP contribution in [0.25, 0.3) is 10.9 Å². The Balaban J connectivity index is 2.01.